The molecule has 3 nitrogen and oxygen atoms in total. The van der Waals surface area contributed by atoms with Crippen molar-refractivity contribution in [2.24, 2.45) is 0 Å². The van der Waals surface area contributed by atoms with E-state index in [0.29, 0.717) is 6.04 Å². The van der Waals surface area contributed by atoms with Crippen LogP contribution in [0, 0.1) is 0 Å². The van der Waals surface area contributed by atoms with E-state index in [-0.39, 0.29) is 0 Å². The number of aryl methyl sites for hydroxylation is 1. The lowest BCUT2D eigenvalue weighted by Crippen LogP contribution is -2.30. The van der Waals surface area contributed by atoms with E-state index < -0.39 is 0 Å². The fourth-order valence-electron chi connectivity index (χ4n) is 2.81. The molecule has 0 fully saturated rings. The zero-order chi connectivity index (χ0) is 14.7. The van der Waals surface area contributed by atoms with Gasteiger partial charge in [0.15, 0.2) is 0 Å². The topological polar surface area (TPSA) is 21.1 Å². The number of fused-ring (bicyclic) bond motifs is 1. The van der Waals surface area contributed by atoms with Crippen LogP contribution in [0.25, 0.3) is 5.57 Å². The quantitative estimate of drug-likeness (QED) is 0.826. The number of rotatable bonds is 2. The van der Waals surface area contributed by atoms with E-state index in [9.17, 15) is 0 Å². The maximum atomic E-state index is 4.81. The average molecular weight is 281 g/mol. The Morgan fingerprint density at radius 1 is 1.05 bits per heavy atom. The fraction of sp³-hybridized carbons (Fsp3) is 0.389. The SMILES string of the molecule is CC(C)N1CCCn2nc(C3=C/C=C\C=C/C=C\3)cc2C1. The van der Waals surface area contributed by atoms with Gasteiger partial charge in [0.25, 0.3) is 0 Å². The van der Waals surface area contributed by atoms with Crippen LogP contribution in [0.15, 0.2) is 48.6 Å². The Balaban J connectivity index is 1.88. The van der Waals surface area contributed by atoms with Crippen molar-refractivity contribution in [3.8, 4) is 0 Å². The Kier molecular flexibility index (Phi) is 4.20. The minimum atomic E-state index is 0.587. The second-order valence-corrected chi connectivity index (χ2v) is 5.91. The Labute approximate surface area is 127 Å². The molecule has 1 aliphatic heterocycles. The first-order chi connectivity index (χ1) is 10.2. The van der Waals surface area contributed by atoms with Crippen molar-refractivity contribution < 1.29 is 0 Å². The molecular formula is C18H23N3. The molecule has 0 saturated heterocycles. The molecular weight excluding hydrogens is 258 g/mol. The standard InChI is InChI=1S/C18H23N3/c1-15(2)20-11-8-12-21-17(14-20)13-18(19-21)16-9-6-4-3-5-7-10-16/h3-7,9-10,13,15H,8,11-12,14H2,1-2H3/b4-3-,5-3?,6-4?,7-5-,9-6-,10-7?,16-9?,16-10+. The Bertz CT molecular complexity index is 614. The molecule has 0 aromatic carbocycles. The van der Waals surface area contributed by atoms with Crippen LogP contribution in [0.1, 0.15) is 31.7 Å². The van der Waals surface area contributed by atoms with Gasteiger partial charge in [-0.2, -0.15) is 5.10 Å². The number of allylic oxidation sites excluding steroid dienone is 8. The molecule has 3 heteroatoms. The first-order valence-corrected chi connectivity index (χ1v) is 7.77. The summed E-state index contributed by atoms with van der Waals surface area (Å²) in [5, 5.41) is 4.81. The van der Waals surface area contributed by atoms with Crippen LogP contribution in [-0.2, 0) is 13.1 Å². The summed E-state index contributed by atoms with van der Waals surface area (Å²) >= 11 is 0. The van der Waals surface area contributed by atoms with Crippen molar-refractivity contribution in [3.05, 3.63) is 60.0 Å². The fourth-order valence-corrected chi connectivity index (χ4v) is 2.81. The second kappa shape index (κ2) is 6.27. The predicted octanol–water partition coefficient (Wildman–Crippen LogP) is 3.56. The minimum absolute atomic E-state index is 0.587. The average Bonchev–Trinajstić information content (AvgIpc) is 2.69. The summed E-state index contributed by atoms with van der Waals surface area (Å²) in [6.45, 7) is 7.71. The van der Waals surface area contributed by atoms with E-state index in [2.05, 4.69) is 53.8 Å². The van der Waals surface area contributed by atoms with Crippen molar-refractivity contribution in [1.29, 1.82) is 0 Å². The van der Waals surface area contributed by atoms with E-state index in [1.54, 1.807) is 0 Å². The molecule has 0 spiro atoms. The summed E-state index contributed by atoms with van der Waals surface area (Å²) in [5.41, 5.74) is 3.58. The van der Waals surface area contributed by atoms with Gasteiger partial charge in [-0.3, -0.25) is 9.58 Å². The number of aromatic nitrogens is 2. The molecule has 0 amide bonds. The zero-order valence-electron chi connectivity index (χ0n) is 12.9. The monoisotopic (exact) mass is 281 g/mol. The molecule has 3 rings (SSSR count). The van der Waals surface area contributed by atoms with Crippen molar-refractivity contribution in [2.75, 3.05) is 6.54 Å². The highest BCUT2D eigenvalue weighted by Gasteiger charge is 2.18. The molecule has 0 unspecified atom stereocenters. The van der Waals surface area contributed by atoms with Crippen LogP contribution < -0.4 is 0 Å². The Morgan fingerprint density at radius 2 is 1.86 bits per heavy atom. The van der Waals surface area contributed by atoms with Crippen LogP contribution in [-0.4, -0.2) is 27.3 Å². The normalized spacial score (nSPS) is 26.1. The van der Waals surface area contributed by atoms with Gasteiger partial charge < -0.3 is 0 Å². The van der Waals surface area contributed by atoms with Gasteiger partial charge >= 0.3 is 0 Å². The van der Waals surface area contributed by atoms with E-state index >= 15 is 0 Å². The molecule has 2 heterocycles. The Morgan fingerprint density at radius 3 is 2.71 bits per heavy atom. The molecule has 2 aliphatic rings. The van der Waals surface area contributed by atoms with Gasteiger partial charge in [0.05, 0.1) is 11.4 Å². The van der Waals surface area contributed by atoms with Gasteiger partial charge in [-0.15, -0.1) is 0 Å². The summed E-state index contributed by atoms with van der Waals surface area (Å²) in [4.78, 5) is 2.52. The second-order valence-electron chi connectivity index (χ2n) is 5.91. The van der Waals surface area contributed by atoms with Crippen LogP contribution >= 0.6 is 0 Å². The smallest absolute Gasteiger partial charge is 0.0926 e. The maximum Gasteiger partial charge on any atom is 0.0926 e. The summed E-state index contributed by atoms with van der Waals surface area (Å²) in [7, 11) is 0. The van der Waals surface area contributed by atoms with Crippen LogP contribution in [0.4, 0.5) is 0 Å². The van der Waals surface area contributed by atoms with Crippen molar-refractivity contribution in [3.63, 3.8) is 0 Å². The van der Waals surface area contributed by atoms with Gasteiger partial charge in [-0.05, 0) is 26.3 Å². The summed E-state index contributed by atoms with van der Waals surface area (Å²) in [6.07, 6.45) is 15.7. The summed E-state index contributed by atoms with van der Waals surface area (Å²) < 4.78 is 2.19. The van der Waals surface area contributed by atoms with Gasteiger partial charge in [-0.25, -0.2) is 0 Å². The maximum absolute atomic E-state index is 4.81. The minimum Gasteiger partial charge on any atom is -0.295 e. The highest BCUT2D eigenvalue weighted by atomic mass is 15.3. The lowest BCUT2D eigenvalue weighted by molar-refractivity contribution is 0.216. The third-order valence-corrected chi connectivity index (χ3v) is 4.07. The number of hydrogen-bond acceptors (Lipinski definition) is 2. The number of nitrogens with zero attached hydrogens (tertiary/aromatic N) is 3. The molecule has 0 N–H and O–H groups in total. The summed E-state index contributed by atoms with van der Waals surface area (Å²) in [6, 6.07) is 2.83. The zero-order valence-corrected chi connectivity index (χ0v) is 12.9. The van der Waals surface area contributed by atoms with Crippen LogP contribution in [0.3, 0.4) is 0 Å². The van der Waals surface area contributed by atoms with E-state index in [1.807, 2.05) is 18.2 Å². The van der Waals surface area contributed by atoms with Crippen LogP contribution in [0.5, 0.6) is 0 Å². The summed E-state index contributed by atoms with van der Waals surface area (Å²) in [5.74, 6) is 0. The van der Waals surface area contributed by atoms with Gasteiger partial charge in [0, 0.05) is 31.2 Å². The van der Waals surface area contributed by atoms with E-state index in [4.69, 9.17) is 5.10 Å². The molecule has 1 aromatic rings. The molecule has 1 aliphatic carbocycles. The Hall–Kier alpha value is -1.87. The third kappa shape index (κ3) is 3.24. The lowest BCUT2D eigenvalue weighted by Gasteiger charge is -2.23. The van der Waals surface area contributed by atoms with Gasteiger partial charge in [-0.1, -0.05) is 42.5 Å². The predicted molar refractivity (Wildman–Crippen MR) is 87.8 cm³/mol. The molecule has 0 bridgehead atoms. The van der Waals surface area contributed by atoms with Crippen molar-refractivity contribution in [2.45, 2.75) is 39.4 Å². The highest BCUT2D eigenvalue weighted by molar-refractivity contribution is 5.73. The first kappa shape index (κ1) is 14.1. The molecule has 1 aromatic heterocycles. The molecule has 0 saturated carbocycles. The molecule has 21 heavy (non-hydrogen) atoms. The van der Waals surface area contributed by atoms with Gasteiger partial charge in [0.1, 0.15) is 0 Å². The van der Waals surface area contributed by atoms with Crippen LogP contribution in [0.2, 0.25) is 0 Å². The van der Waals surface area contributed by atoms with E-state index in [0.717, 1.165) is 25.3 Å². The van der Waals surface area contributed by atoms with Crippen molar-refractivity contribution in [1.82, 2.24) is 14.7 Å². The lowest BCUT2D eigenvalue weighted by atomic mass is 10.1. The number of hydrogen-bond donors (Lipinski definition) is 0. The molecule has 0 atom stereocenters. The molecule has 110 valence electrons. The first-order valence-electron chi connectivity index (χ1n) is 7.77. The highest BCUT2D eigenvalue weighted by Crippen LogP contribution is 2.21. The molecule has 0 radical (unpaired) electrons. The van der Waals surface area contributed by atoms with Gasteiger partial charge in [0.2, 0.25) is 0 Å². The van der Waals surface area contributed by atoms with Crippen molar-refractivity contribution >= 4 is 5.57 Å². The third-order valence-electron chi connectivity index (χ3n) is 4.07. The van der Waals surface area contributed by atoms with E-state index in [1.165, 1.54) is 17.7 Å². The largest absolute Gasteiger partial charge is 0.295 e.